The lowest BCUT2D eigenvalue weighted by Gasteiger charge is -2.08. The van der Waals surface area contributed by atoms with E-state index < -0.39 is 11.6 Å². The van der Waals surface area contributed by atoms with Gasteiger partial charge in [0.15, 0.2) is 0 Å². The molecule has 0 bridgehead atoms. The Bertz CT molecular complexity index is 1050. The maximum atomic E-state index is 12.0. The molecule has 0 aliphatic rings. The topological polar surface area (TPSA) is 78.5 Å². The van der Waals surface area contributed by atoms with Crippen LogP contribution in [0.2, 0.25) is 0 Å². The summed E-state index contributed by atoms with van der Waals surface area (Å²) in [5.41, 5.74) is 1.32. The molecule has 6 nitrogen and oxygen atoms in total. The van der Waals surface area contributed by atoms with Gasteiger partial charge in [-0.1, -0.05) is 27.3 Å². The lowest BCUT2D eigenvalue weighted by molar-refractivity contribution is -0.145. The van der Waals surface area contributed by atoms with Crippen LogP contribution in [0.5, 0.6) is 0 Å². The number of carbonyl (C=O) groups excluding carboxylic acids is 1. The number of nitrogens with zero attached hydrogens (tertiary/aromatic N) is 1. The summed E-state index contributed by atoms with van der Waals surface area (Å²) in [6.45, 7) is 2.06. The van der Waals surface area contributed by atoms with Gasteiger partial charge in [0.1, 0.15) is 12.2 Å². The van der Waals surface area contributed by atoms with E-state index in [9.17, 15) is 14.4 Å². The van der Waals surface area contributed by atoms with E-state index in [1.165, 1.54) is 10.6 Å². The van der Waals surface area contributed by atoms with Crippen LogP contribution in [0.25, 0.3) is 11.0 Å². The molecule has 2 aromatic heterocycles. The first kappa shape index (κ1) is 17.6. The van der Waals surface area contributed by atoms with Crippen molar-refractivity contribution in [2.75, 3.05) is 0 Å². The molecule has 0 aliphatic heterocycles. The van der Waals surface area contributed by atoms with Gasteiger partial charge in [-0.05, 0) is 25.1 Å². The third-order valence-corrected chi connectivity index (χ3v) is 5.07. The first-order valence-corrected chi connectivity index (χ1v) is 9.14. The largest absolute Gasteiger partial charge is 0.461 e. The number of aromatic nitrogens is 1. The minimum Gasteiger partial charge on any atom is -0.461 e. The number of aryl methyl sites for hydroxylation is 1. The number of carbonyl (C=O) groups is 1. The molecule has 0 N–H and O–H groups in total. The first-order valence-electron chi connectivity index (χ1n) is 7.47. The van der Waals surface area contributed by atoms with Gasteiger partial charge in [0.2, 0.25) is 0 Å². The minimum absolute atomic E-state index is 0.0277. The third-order valence-electron chi connectivity index (χ3n) is 3.70. The quantitative estimate of drug-likeness (QED) is 0.464. The summed E-state index contributed by atoms with van der Waals surface area (Å²) in [6.07, 6.45) is 0.0857. The van der Waals surface area contributed by atoms with Crippen LogP contribution in [0.3, 0.4) is 0 Å². The van der Waals surface area contributed by atoms with E-state index in [4.69, 9.17) is 9.15 Å². The minimum atomic E-state index is -0.503. The molecule has 0 saturated carbocycles. The number of hydrogen-bond donors (Lipinski definition) is 0. The molecule has 0 spiro atoms. The highest BCUT2D eigenvalue weighted by atomic mass is 79.9. The monoisotopic (exact) mass is 423 g/mol. The molecule has 0 saturated heterocycles. The Kier molecular flexibility index (Phi) is 5.19. The molecule has 3 rings (SSSR count). The van der Waals surface area contributed by atoms with E-state index in [0.29, 0.717) is 16.5 Å². The van der Waals surface area contributed by atoms with E-state index in [1.807, 2.05) is 13.0 Å². The molecule has 0 amide bonds. The average molecular weight is 424 g/mol. The Labute approximate surface area is 154 Å². The van der Waals surface area contributed by atoms with Gasteiger partial charge in [0.05, 0.1) is 6.42 Å². The number of rotatable bonds is 5. The van der Waals surface area contributed by atoms with Crippen molar-refractivity contribution >= 4 is 44.2 Å². The van der Waals surface area contributed by atoms with Gasteiger partial charge in [-0.2, -0.15) is 0 Å². The van der Waals surface area contributed by atoms with Crippen molar-refractivity contribution in [3.63, 3.8) is 0 Å². The van der Waals surface area contributed by atoms with Crippen molar-refractivity contribution in [2.24, 2.45) is 0 Å². The lowest BCUT2D eigenvalue weighted by Crippen LogP contribution is -2.18. The maximum Gasteiger partial charge on any atom is 0.336 e. The fourth-order valence-corrected chi connectivity index (χ4v) is 3.53. The van der Waals surface area contributed by atoms with Gasteiger partial charge >= 0.3 is 16.5 Å². The Morgan fingerprint density at radius 1 is 1.32 bits per heavy atom. The fourth-order valence-electron chi connectivity index (χ4n) is 2.43. The van der Waals surface area contributed by atoms with Crippen LogP contribution in [0.4, 0.5) is 0 Å². The van der Waals surface area contributed by atoms with Crippen LogP contribution in [0, 0.1) is 6.92 Å². The Morgan fingerprint density at radius 2 is 2.12 bits per heavy atom. The normalized spacial score (nSPS) is 11.0. The molecule has 2 heterocycles. The van der Waals surface area contributed by atoms with E-state index in [-0.39, 0.29) is 24.4 Å². The second-order valence-corrected chi connectivity index (χ2v) is 7.17. The highest BCUT2D eigenvalue weighted by Gasteiger charge is 2.11. The van der Waals surface area contributed by atoms with Crippen molar-refractivity contribution < 1.29 is 13.9 Å². The Morgan fingerprint density at radius 3 is 2.84 bits per heavy atom. The highest BCUT2D eigenvalue weighted by molar-refractivity contribution is 9.10. The van der Waals surface area contributed by atoms with Crippen molar-refractivity contribution in [2.45, 2.75) is 26.5 Å². The summed E-state index contributed by atoms with van der Waals surface area (Å²) in [7, 11) is 0. The number of esters is 1. The lowest BCUT2D eigenvalue weighted by atomic mass is 10.1. The summed E-state index contributed by atoms with van der Waals surface area (Å²) in [5.74, 6) is -0.434. The molecule has 1 aromatic carbocycles. The van der Waals surface area contributed by atoms with Crippen LogP contribution in [0.15, 0.2) is 48.1 Å². The molecular formula is C17H14BrNO5S. The van der Waals surface area contributed by atoms with Crippen LogP contribution < -0.4 is 10.5 Å². The second-order valence-electron chi connectivity index (χ2n) is 5.44. The van der Waals surface area contributed by atoms with Crippen molar-refractivity contribution in [1.29, 1.82) is 0 Å². The van der Waals surface area contributed by atoms with Crippen LogP contribution in [-0.2, 0) is 22.7 Å². The number of fused-ring (bicyclic) bond motifs is 1. The van der Waals surface area contributed by atoms with Crippen LogP contribution in [-0.4, -0.2) is 10.5 Å². The van der Waals surface area contributed by atoms with Gasteiger partial charge in [0, 0.05) is 39.1 Å². The number of hydrogen-bond acceptors (Lipinski definition) is 6. The molecule has 0 aliphatic carbocycles. The van der Waals surface area contributed by atoms with Crippen molar-refractivity contribution in [3.05, 3.63) is 65.5 Å². The summed E-state index contributed by atoms with van der Waals surface area (Å²) in [4.78, 5) is 35.2. The molecule has 0 atom stereocenters. The molecule has 25 heavy (non-hydrogen) atoms. The second kappa shape index (κ2) is 7.37. The third kappa shape index (κ3) is 4.08. The average Bonchev–Trinajstić information content (AvgIpc) is 2.88. The zero-order chi connectivity index (χ0) is 18.0. The van der Waals surface area contributed by atoms with Crippen LogP contribution in [0.1, 0.15) is 17.7 Å². The Balaban J connectivity index is 1.69. The highest BCUT2D eigenvalue weighted by Crippen LogP contribution is 2.22. The summed E-state index contributed by atoms with van der Waals surface area (Å²) in [6, 6.07) is 6.62. The zero-order valence-electron chi connectivity index (χ0n) is 13.3. The maximum absolute atomic E-state index is 12.0. The smallest absolute Gasteiger partial charge is 0.336 e. The van der Waals surface area contributed by atoms with Crippen molar-refractivity contribution in [3.8, 4) is 0 Å². The van der Waals surface area contributed by atoms with Gasteiger partial charge in [-0.3, -0.25) is 9.59 Å². The van der Waals surface area contributed by atoms with E-state index in [2.05, 4.69) is 15.9 Å². The number of thiazole rings is 1. The predicted octanol–water partition coefficient (Wildman–Crippen LogP) is 3.22. The van der Waals surface area contributed by atoms with Gasteiger partial charge in [0.25, 0.3) is 0 Å². The van der Waals surface area contributed by atoms with E-state index in [1.54, 1.807) is 17.5 Å². The molecule has 130 valence electrons. The van der Waals surface area contributed by atoms with Gasteiger partial charge in [-0.15, -0.1) is 0 Å². The standard InChI is InChI=1S/C17H14BrNO5S/c1-10-9-25-17(22)19(10)5-4-15(20)23-8-11-6-16(21)24-14-7-12(18)2-3-13(11)14/h2-3,6-7,9H,4-5,8H2,1H3. The molecule has 0 unspecified atom stereocenters. The summed E-state index contributed by atoms with van der Waals surface area (Å²) in [5, 5.41) is 2.46. The predicted molar refractivity (Wildman–Crippen MR) is 97.9 cm³/mol. The number of ether oxygens (including phenoxy) is 1. The molecule has 0 radical (unpaired) electrons. The molecular weight excluding hydrogens is 410 g/mol. The van der Waals surface area contributed by atoms with E-state index in [0.717, 1.165) is 21.5 Å². The molecule has 3 aromatic rings. The van der Waals surface area contributed by atoms with Crippen LogP contribution >= 0.6 is 27.3 Å². The number of halogens is 1. The summed E-state index contributed by atoms with van der Waals surface area (Å²) >= 11 is 4.42. The van der Waals surface area contributed by atoms with Crippen molar-refractivity contribution in [1.82, 2.24) is 4.57 Å². The first-order chi connectivity index (χ1) is 11.9. The zero-order valence-corrected chi connectivity index (χ0v) is 15.7. The van der Waals surface area contributed by atoms with E-state index >= 15 is 0 Å². The molecule has 0 fully saturated rings. The fraction of sp³-hybridized carbons (Fsp3) is 0.235. The summed E-state index contributed by atoms with van der Waals surface area (Å²) < 4.78 is 12.7. The van der Waals surface area contributed by atoms with Gasteiger partial charge in [-0.25, -0.2) is 4.79 Å². The number of benzene rings is 1. The molecule has 8 heteroatoms. The SMILES string of the molecule is Cc1csc(=O)n1CCC(=O)OCc1cc(=O)oc2cc(Br)ccc12. The Hall–Kier alpha value is -2.19. The van der Waals surface area contributed by atoms with Gasteiger partial charge < -0.3 is 13.7 Å².